The third-order valence-electron chi connectivity index (χ3n) is 4.04. The van der Waals surface area contributed by atoms with Gasteiger partial charge in [0.05, 0.1) is 0 Å². The van der Waals surface area contributed by atoms with Gasteiger partial charge in [0.2, 0.25) is 0 Å². The molecular formula is C15H21ClF2N2O3. The normalized spacial score (nSPS) is 20.8. The highest BCUT2D eigenvalue weighted by atomic mass is 35.5. The molecule has 1 fully saturated rings. The van der Waals surface area contributed by atoms with E-state index >= 15 is 0 Å². The summed E-state index contributed by atoms with van der Waals surface area (Å²) in [5, 5.41) is 12.4. The summed E-state index contributed by atoms with van der Waals surface area (Å²) in [5.41, 5.74) is 0.912. The highest BCUT2D eigenvalue weighted by Gasteiger charge is 2.43. The van der Waals surface area contributed by atoms with Gasteiger partial charge in [0.1, 0.15) is 0 Å². The molecule has 1 aromatic carbocycles. The van der Waals surface area contributed by atoms with Crippen LogP contribution in [0.1, 0.15) is 24.4 Å². The van der Waals surface area contributed by atoms with Crippen LogP contribution in [0.15, 0.2) is 18.2 Å². The second-order valence-electron chi connectivity index (χ2n) is 5.54. The third-order valence-corrected chi connectivity index (χ3v) is 4.04. The highest BCUT2D eigenvalue weighted by molar-refractivity contribution is 5.85. The highest BCUT2D eigenvalue weighted by Crippen LogP contribution is 2.43. The fourth-order valence-corrected chi connectivity index (χ4v) is 3.01. The van der Waals surface area contributed by atoms with Crippen molar-refractivity contribution in [2.45, 2.75) is 25.2 Å². The molecule has 0 saturated carbocycles. The van der Waals surface area contributed by atoms with Crippen LogP contribution >= 0.6 is 12.4 Å². The van der Waals surface area contributed by atoms with E-state index in [-0.39, 0.29) is 36.6 Å². The van der Waals surface area contributed by atoms with Gasteiger partial charge in [0.15, 0.2) is 11.5 Å². The Balaban J connectivity index is 0.00000192. The molecule has 0 amide bonds. The molecule has 2 heterocycles. The fraction of sp³-hybridized carbons (Fsp3) is 0.600. The molecule has 0 aliphatic carbocycles. The number of hydrogen-bond acceptors (Lipinski definition) is 5. The Kier molecular flexibility index (Phi) is 6.02. The van der Waals surface area contributed by atoms with Crippen molar-refractivity contribution in [3.8, 4) is 11.5 Å². The molecule has 1 atom stereocenters. The summed E-state index contributed by atoms with van der Waals surface area (Å²) >= 11 is 0. The molecule has 0 bridgehead atoms. The van der Waals surface area contributed by atoms with E-state index in [4.69, 9.17) is 5.11 Å². The molecule has 8 heteroatoms. The molecule has 2 aliphatic rings. The number of fused-ring (bicyclic) bond motifs is 1. The van der Waals surface area contributed by atoms with E-state index in [0.717, 1.165) is 38.2 Å². The standard InChI is InChI=1S/C15H20F2N2O3.ClH/c16-15(17)21-13-4-3-11(10-14(13)22-15)12(2-1-9-20)19-7-5-18-6-8-19;/h3-4,10,12,18,20H,1-2,5-9H2;1H/t12-;/m0./s1. The van der Waals surface area contributed by atoms with E-state index < -0.39 is 6.29 Å². The maximum absolute atomic E-state index is 13.1. The number of halogens is 3. The van der Waals surface area contributed by atoms with E-state index in [9.17, 15) is 8.78 Å². The van der Waals surface area contributed by atoms with Crippen LogP contribution in [0.2, 0.25) is 0 Å². The number of nitrogens with one attached hydrogen (secondary N) is 1. The minimum absolute atomic E-state index is 0. The van der Waals surface area contributed by atoms with Crippen LogP contribution in [0, 0.1) is 0 Å². The minimum Gasteiger partial charge on any atom is -0.396 e. The van der Waals surface area contributed by atoms with Gasteiger partial charge in [-0.3, -0.25) is 4.90 Å². The van der Waals surface area contributed by atoms with Gasteiger partial charge in [-0.05, 0) is 30.5 Å². The van der Waals surface area contributed by atoms with Crippen molar-refractivity contribution in [1.82, 2.24) is 10.2 Å². The lowest BCUT2D eigenvalue weighted by molar-refractivity contribution is -0.286. The summed E-state index contributed by atoms with van der Waals surface area (Å²) in [6.45, 7) is 3.70. The first kappa shape index (κ1) is 18.2. The quantitative estimate of drug-likeness (QED) is 0.852. The van der Waals surface area contributed by atoms with Gasteiger partial charge in [-0.2, -0.15) is 0 Å². The number of aliphatic hydroxyl groups is 1. The smallest absolute Gasteiger partial charge is 0.396 e. The van der Waals surface area contributed by atoms with Gasteiger partial charge in [-0.15, -0.1) is 21.2 Å². The van der Waals surface area contributed by atoms with Gasteiger partial charge in [0.25, 0.3) is 0 Å². The third kappa shape index (κ3) is 4.23. The first-order valence-electron chi connectivity index (χ1n) is 7.54. The van der Waals surface area contributed by atoms with Gasteiger partial charge < -0.3 is 19.9 Å². The number of rotatable bonds is 5. The van der Waals surface area contributed by atoms with E-state index in [1.807, 2.05) is 0 Å². The molecular weight excluding hydrogens is 330 g/mol. The molecule has 2 aliphatic heterocycles. The Labute approximate surface area is 140 Å². The summed E-state index contributed by atoms with van der Waals surface area (Å²) in [6, 6.07) is 5.03. The number of benzene rings is 1. The molecule has 1 saturated heterocycles. The SMILES string of the molecule is Cl.OCCC[C@@H](c1ccc2c(c1)OC(F)(F)O2)N1CCNCC1. The summed E-state index contributed by atoms with van der Waals surface area (Å²) in [6.07, 6.45) is -2.15. The Morgan fingerprint density at radius 3 is 2.61 bits per heavy atom. The molecule has 130 valence electrons. The van der Waals surface area contributed by atoms with Crippen molar-refractivity contribution in [3.63, 3.8) is 0 Å². The van der Waals surface area contributed by atoms with Crippen LogP contribution < -0.4 is 14.8 Å². The maximum Gasteiger partial charge on any atom is 0.586 e. The number of aliphatic hydroxyl groups excluding tert-OH is 1. The van der Waals surface area contributed by atoms with Crippen molar-refractivity contribution in [2.24, 2.45) is 0 Å². The zero-order valence-electron chi connectivity index (χ0n) is 12.6. The molecule has 0 unspecified atom stereocenters. The average molecular weight is 351 g/mol. The van der Waals surface area contributed by atoms with E-state index in [0.29, 0.717) is 6.42 Å². The number of ether oxygens (including phenoxy) is 2. The maximum atomic E-state index is 13.1. The van der Waals surface area contributed by atoms with Gasteiger partial charge in [-0.25, -0.2) is 0 Å². The van der Waals surface area contributed by atoms with Crippen LogP contribution in [0.5, 0.6) is 11.5 Å². The molecule has 5 nitrogen and oxygen atoms in total. The second kappa shape index (κ2) is 7.61. The zero-order valence-corrected chi connectivity index (χ0v) is 13.5. The fourth-order valence-electron chi connectivity index (χ4n) is 3.01. The monoisotopic (exact) mass is 350 g/mol. The van der Waals surface area contributed by atoms with Crippen LogP contribution in [-0.4, -0.2) is 49.1 Å². The average Bonchev–Trinajstić information content (AvgIpc) is 2.82. The Hall–Kier alpha value is -1.15. The Bertz CT molecular complexity index is 527. The lowest BCUT2D eigenvalue weighted by Crippen LogP contribution is -2.45. The Morgan fingerprint density at radius 1 is 1.22 bits per heavy atom. The molecule has 3 rings (SSSR count). The van der Waals surface area contributed by atoms with E-state index in [1.165, 1.54) is 6.07 Å². The summed E-state index contributed by atoms with van der Waals surface area (Å²) in [5.74, 6) is 0.140. The molecule has 0 spiro atoms. The van der Waals surface area contributed by atoms with Crippen molar-refractivity contribution in [3.05, 3.63) is 23.8 Å². The number of piperazine rings is 1. The van der Waals surface area contributed by atoms with Crippen molar-refractivity contribution in [1.29, 1.82) is 0 Å². The number of hydrogen-bond donors (Lipinski definition) is 2. The lowest BCUT2D eigenvalue weighted by atomic mass is 9.99. The lowest BCUT2D eigenvalue weighted by Gasteiger charge is -2.35. The summed E-state index contributed by atoms with van der Waals surface area (Å²) < 4.78 is 35.2. The van der Waals surface area contributed by atoms with Crippen LogP contribution in [0.25, 0.3) is 0 Å². The predicted octanol–water partition coefficient (Wildman–Crippen LogP) is 2.15. The number of alkyl halides is 2. The second-order valence-corrected chi connectivity index (χ2v) is 5.54. The summed E-state index contributed by atoms with van der Waals surface area (Å²) in [7, 11) is 0. The van der Waals surface area contributed by atoms with Gasteiger partial charge >= 0.3 is 6.29 Å². The zero-order chi connectivity index (χ0) is 15.6. The van der Waals surface area contributed by atoms with Crippen LogP contribution in [0.4, 0.5) is 8.78 Å². The molecule has 0 aromatic heterocycles. The summed E-state index contributed by atoms with van der Waals surface area (Å²) in [4.78, 5) is 2.31. The van der Waals surface area contributed by atoms with Crippen molar-refractivity contribution < 1.29 is 23.4 Å². The van der Waals surface area contributed by atoms with Crippen molar-refractivity contribution in [2.75, 3.05) is 32.8 Å². The first-order valence-corrected chi connectivity index (χ1v) is 7.54. The van der Waals surface area contributed by atoms with Gasteiger partial charge in [-0.1, -0.05) is 6.07 Å². The van der Waals surface area contributed by atoms with Crippen molar-refractivity contribution >= 4 is 12.4 Å². The first-order chi connectivity index (χ1) is 10.6. The Morgan fingerprint density at radius 2 is 1.91 bits per heavy atom. The molecule has 0 radical (unpaired) electrons. The van der Waals surface area contributed by atoms with Crippen LogP contribution in [0.3, 0.4) is 0 Å². The van der Waals surface area contributed by atoms with E-state index in [2.05, 4.69) is 19.7 Å². The molecule has 1 aromatic rings. The molecule has 23 heavy (non-hydrogen) atoms. The van der Waals surface area contributed by atoms with E-state index in [1.54, 1.807) is 12.1 Å². The van der Waals surface area contributed by atoms with Crippen LogP contribution in [-0.2, 0) is 0 Å². The van der Waals surface area contributed by atoms with Gasteiger partial charge in [0, 0.05) is 38.8 Å². The predicted molar refractivity (Wildman–Crippen MR) is 83.4 cm³/mol. The molecule has 2 N–H and O–H groups in total. The number of nitrogens with zero attached hydrogens (tertiary/aromatic N) is 1. The topological polar surface area (TPSA) is 54.0 Å². The largest absolute Gasteiger partial charge is 0.586 e. The minimum atomic E-state index is -3.59.